The lowest BCUT2D eigenvalue weighted by Crippen LogP contribution is -2.40. The van der Waals surface area contributed by atoms with Gasteiger partial charge < -0.3 is 9.47 Å². The molecular weight excluding hydrogens is 268 g/mol. The Kier molecular flexibility index (Phi) is 8.87. The highest BCUT2D eigenvalue weighted by Gasteiger charge is 2.47. The maximum Gasteiger partial charge on any atom is 0.324 e. The van der Waals surface area contributed by atoms with Crippen molar-refractivity contribution >= 4 is 11.9 Å². The first-order valence-electron chi connectivity index (χ1n) is 6.87. The summed E-state index contributed by atoms with van der Waals surface area (Å²) in [6.45, 7) is 5.76. The highest BCUT2D eigenvalue weighted by Crippen LogP contribution is 2.30. The lowest BCUT2D eigenvalue weighted by molar-refractivity contribution is -0.168. The first-order valence-corrected chi connectivity index (χ1v) is 6.87. The van der Waals surface area contributed by atoms with Gasteiger partial charge in [0.15, 0.2) is 5.41 Å². The number of rotatable bonds is 6. The van der Waals surface area contributed by atoms with Gasteiger partial charge in [0.2, 0.25) is 0 Å². The number of hydrogen-bond acceptors (Lipinski definition) is 4. The molecule has 0 aromatic rings. The van der Waals surface area contributed by atoms with Gasteiger partial charge in [-0.1, -0.05) is 38.2 Å². The summed E-state index contributed by atoms with van der Waals surface area (Å²) in [5.74, 6) is 4.76. The molecule has 0 heterocycles. The van der Waals surface area contributed by atoms with E-state index in [2.05, 4.69) is 11.8 Å². The molecular formula is C17H24O4. The van der Waals surface area contributed by atoms with Crippen LogP contribution in [0.25, 0.3) is 0 Å². The van der Waals surface area contributed by atoms with Crippen LogP contribution in [0.4, 0.5) is 0 Å². The van der Waals surface area contributed by atoms with E-state index in [1.807, 2.05) is 32.9 Å². The second-order valence-corrected chi connectivity index (χ2v) is 4.88. The van der Waals surface area contributed by atoms with Crippen molar-refractivity contribution in [1.29, 1.82) is 0 Å². The van der Waals surface area contributed by atoms with Crippen LogP contribution in [0.5, 0.6) is 0 Å². The number of hydrogen-bond donors (Lipinski definition) is 0. The summed E-state index contributed by atoms with van der Waals surface area (Å²) in [5, 5.41) is 0. The Morgan fingerprint density at radius 3 is 2.14 bits per heavy atom. The van der Waals surface area contributed by atoms with Gasteiger partial charge in [-0.2, -0.15) is 0 Å². The van der Waals surface area contributed by atoms with Gasteiger partial charge in [0.05, 0.1) is 14.2 Å². The molecule has 0 aliphatic heterocycles. The zero-order valence-corrected chi connectivity index (χ0v) is 13.4. The van der Waals surface area contributed by atoms with E-state index in [1.165, 1.54) is 14.2 Å². The molecule has 4 heteroatoms. The predicted octanol–water partition coefficient (Wildman–Crippen LogP) is 2.89. The van der Waals surface area contributed by atoms with Crippen molar-refractivity contribution in [1.82, 2.24) is 0 Å². The van der Waals surface area contributed by atoms with Crippen molar-refractivity contribution < 1.29 is 19.1 Å². The zero-order chi connectivity index (χ0) is 16.3. The summed E-state index contributed by atoms with van der Waals surface area (Å²) in [5.41, 5.74) is -1.41. The van der Waals surface area contributed by atoms with Crippen LogP contribution in [-0.2, 0) is 19.1 Å². The van der Waals surface area contributed by atoms with E-state index >= 15 is 0 Å². The molecule has 0 unspecified atom stereocenters. The van der Waals surface area contributed by atoms with Crippen molar-refractivity contribution in [2.24, 2.45) is 11.3 Å². The summed E-state index contributed by atoms with van der Waals surface area (Å²) in [6.07, 6.45) is 7.45. The molecule has 0 fully saturated rings. The standard InChI is InChI=1S/C17H24O4/c1-6-7-8-9-12-17(15(18)20-4,16(19)21-5)13-10-11-14(2)3/h6-9,14H,12-13H2,1-5H3/b7-6+,9-8+. The lowest BCUT2D eigenvalue weighted by Gasteiger charge is -2.24. The van der Waals surface area contributed by atoms with Gasteiger partial charge in [-0.15, -0.1) is 11.8 Å². The summed E-state index contributed by atoms with van der Waals surface area (Å²) in [7, 11) is 2.51. The van der Waals surface area contributed by atoms with Gasteiger partial charge in [-0.3, -0.25) is 9.59 Å². The molecule has 0 rings (SSSR count). The van der Waals surface area contributed by atoms with Crippen LogP contribution in [0.1, 0.15) is 33.6 Å². The monoisotopic (exact) mass is 292 g/mol. The van der Waals surface area contributed by atoms with Crippen LogP contribution in [0.2, 0.25) is 0 Å². The van der Waals surface area contributed by atoms with Gasteiger partial charge >= 0.3 is 11.9 Å². The molecule has 0 aliphatic rings. The molecule has 0 spiro atoms. The van der Waals surface area contributed by atoms with E-state index in [0.29, 0.717) is 0 Å². The fourth-order valence-electron chi connectivity index (χ4n) is 1.72. The quantitative estimate of drug-likeness (QED) is 0.327. The number of allylic oxidation sites excluding steroid dienone is 4. The number of methoxy groups -OCH3 is 2. The van der Waals surface area contributed by atoms with E-state index in [9.17, 15) is 9.59 Å². The van der Waals surface area contributed by atoms with Crippen LogP contribution in [0.3, 0.4) is 0 Å². The zero-order valence-electron chi connectivity index (χ0n) is 13.4. The highest BCUT2D eigenvalue weighted by atomic mass is 16.5. The smallest absolute Gasteiger partial charge is 0.324 e. The first kappa shape index (κ1) is 19.0. The molecule has 4 nitrogen and oxygen atoms in total. The van der Waals surface area contributed by atoms with Crippen molar-refractivity contribution in [3.8, 4) is 11.8 Å². The minimum Gasteiger partial charge on any atom is -0.468 e. The molecule has 0 radical (unpaired) electrons. The maximum absolute atomic E-state index is 12.1. The van der Waals surface area contributed by atoms with Crippen molar-refractivity contribution in [2.75, 3.05) is 14.2 Å². The lowest BCUT2D eigenvalue weighted by atomic mass is 9.81. The first-order chi connectivity index (χ1) is 9.94. The molecule has 0 atom stereocenters. The van der Waals surface area contributed by atoms with Crippen LogP contribution >= 0.6 is 0 Å². The van der Waals surface area contributed by atoms with Gasteiger partial charge in [0, 0.05) is 12.3 Å². The summed E-state index contributed by atoms with van der Waals surface area (Å²) in [4.78, 5) is 24.3. The van der Waals surface area contributed by atoms with Crippen LogP contribution < -0.4 is 0 Å². The molecule has 0 aromatic heterocycles. The average molecular weight is 292 g/mol. The fraction of sp³-hybridized carbons (Fsp3) is 0.529. The maximum atomic E-state index is 12.1. The van der Waals surface area contributed by atoms with Gasteiger partial charge in [0.25, 0.3) is 0 Å². The molecule has 0 aliphatic carbocycles. The van der Waals surface area contributed by atoms with Gasteiger partial charge in [-0.05, 0) is 13.3 Å². The molecule has 0 saturated carbocycles. The second kappa shape index (κ2) is 9.82. The normalized spacial score (nSPS) is 11.5. The highest BCUT2D eigenvalue weighted by molar-refractivity contribution is 6.00. The Labute approximate surface area is 127 Å². The Bertz CT molecular complexity index is 445. The number of carbonyl (C=O) groups is 2. The fourth-order valence-corrected chi connectivity index (χ4v) is 1.72. The Morgan fingerprint density at radius 2 is 1.71 bits per heavy atom. The Hall–Kier alpha value is -2.02. The van der Waals surface area contributed by atoms with E-state index in [4.69, 9.17) is 9.47 Å². The molecule has 116 valence electrons. The minimum absolute atomic E-state index is 0.0741. The van der Waals surface area contributed by atoms with E-state index in [1.54, 1.807) is 12.2 Å². The van der Waals surface area contributed by atoms with Gasteiger partial charge in [-0.25, -0.2) is 0 Å². The van der Waals surface area contributed by atoms with Crippen molar-refractivity contribution in [2.45, 2.75) is 33.6 Å². The summed E-state index contributed by atoms with van der Waals surface area (Å²) >= 11 is 0. The Morgan fingerprint density at radius 1 is 1.14 bits per heavy atom. The Balaban J connectivity index is 5.48. The third-order valence-corrected chi connectivity index (χ3v) is 2.84. The van der Waals surface area contributed by atoms with Crippen LogP contribution in [-0.4, -0.2) is 26.2 Å². The predicted molar refractivity (Wildman–Crippen MR) is 82.3 cm³/mol. The average Bonchev–Trinajstić information content (AvgIpc) is 2.47. The van der Waals surface area contributed by atoms with E-state index < -0.39 is 17.4 Å². The van der Waals surface area contributed by atoms with Crippen molar-refractivity contribution in [3.05, 3.63) is 24.3 Å². The molecule has 0 saturated heterocycles. The largest absolute Gasteiger partial charge is 0.468 e. The number of ether oxygens (including phenoxy) is 2. The molecule has 21 heavy (non-hydrogen) atoms. The second-order valence-electron chi connectivity index (χ2n) is 4.88. The molecule has 0 amide bonds. The van der Waals surface area contributed by atoms with Crippen LogP contribution in [0.15, 0.2) is 24.3 Å². The van der Waals surface area contributed by atoms with Crippen molar-refractivity contribution in [3.63, 3.8) is 0 Å². The third-order valence-electron chi connectivity index (χ3n) is 2.84. The van der Waals surface area contributed by atoms with Crippen LogP contribution in [0, 0.1) is 23.2 Å². The molecule has 0 aromatic carbocycles. The van der Waals surface area contributed by atoms with E-state index in [0.717, 1.165) is 0 Å². The minimum atomic E-state index is -1.41. The van der Waals surface area contributed by atoms with Gasteiger partial charge in [0.1, 0.15) is 0 Å². The summed E-state index contributed by atoms with van der Waals surface area (Å²) < 4.78 is 9.59. The number of carbonyl (C=O) groups excluding carboxylic acids is 2. The van der Waals surface area contributed by atoms with E-state index in [-0.39, 0.29) is 18.8 Å². The number of esters is 2. The topological polar surface area (TPSA) is 52.6 Å². The third kappa shape index (κ3) is 5.86. The SMILES string of the molecule is C/C=C/C=C/CC(CC#CC(C)C)(C(=O)OC)C(=O)OC. The molecule has 0 N–H and O–H groups in total. The summed E-state index contributed by atoms with van der Waals surface area (Å²) in [6, 6.07) is 0. The molecule has 0 bridgehead atoms.